The van der Waals surface area contributed by atoms with Crippen LogP contribution in [0, 0.1) is 0 Å². The first-order valence-corrected chi connectivity index (χ1v) is 5.69. The van der Waals surface area contributed by atoms with Gasteiger partial charge in [-0.25, -0.2) is 4.79 Å². The lowest BCUT2D eigenvalue weighted by Crippen LogP contribution is -2.14. The lowest BCUT2D eigenvalue weighted by molar-refractivity contribution is -0.145. The van der Waals surface area contributed by atoms with Gasteiger partial charge in [-0.2, -0.15) is 0 Å². The fourth-order valence-electron chi connectivity index (χ4n) is 1.30. The Morgan fingerprint density at radius 2 is 2.00 bits per heavy atom. The molecule has 0 saturated carbocycles. The van der Waals surface area contributed by atoms with E-state index in [0.29, 0.717) is 12.4 Å². The topological polar surface area (TPSA) is 52.6 Å². The number of esters is 1. The van der Waals surface area contributed by atoms with Gasteiger partial charge in [0.1, 0.15) is 5.75 Å². The van der Waals surface area contributed by atoms with Crippen LogP contribution in [0.4, 0.5) is 0 Å². The standard InChI is InChI=1S/C14H16O4/c1-3-17-14(16)10-18-13-7-5-4-6-12(13)9-8-11(2)15/h4-9H,3,10H2,1-2H3/b9-8+. The Hall–Kier alpha value is -2.10. The van der Waals surface area contributed by atoms with Crippen LogP contribution in [-0.4, -0.2) is 25.0 Å². The Bertz CT molecular complexity index is 449. The van der Waals surface area contributed by atoms with E-state index in [1.165, 1.54) is 13.0 Å². The summed E-state index contributed by atoms with van der Waals surface area (Å²) < 4.78 is 10.1. The van der Waals surface area contributed by atoms with E-state index in [1.54, 1.807) is 31.2 Å². The lowest BCUT2D eigenvalue weighted by Gasteiger charge is -2.08. The van der Waals surface area contributed by atoms with Crippen molar-refractivity contribution in [1.29, 1.82) is 0 Å². The Morgan fingerprint density at radius 1 is 1.28 bits per heavy atom. The molecule has 4 heteroatoms. The number of ketones is 1. The van der Waals surface area contributed by atoms with Crippen molar-refractivity contribution in [3.63, 3.8) is 0 Å². The van der Waals surface area contributed by atoms with E-state index in [0.717, 1.165) is 5.56 Å². The van der Waals surface area contributed by atoms with Crippen molar-refractivity contribution in [3.05, 3.63) is 35.9 Å². The van der Waals surface area contributed by atoms with Crippen molar-refractivity contribution in [1.82, 2.24) is 0 Å². The quantitative estimate of drug-likeness (QED) is 0.572. The van der Waals surface area contributed by atoms with Crippen LogP contribution >= 0.6 is 0 Å². The number of hydrogen-bond donors (Lipinski definition) is 0. The molecular weight excluding hydrogens is 232 g/mol. The molecule has 4 nitrogen and oxygen atoms in total. The molecule has 0 N–H and O–H groups in total. The summed E-state index contributed by atoms with van der Waals surface area (Å²) in [6.07, 6.45) is 3.11. The van der Waals surface area contributed by atoms with Crippen molar-refractivity contribution < 1.29 is 19.1 Å². The van der Waals surface area contributed by atoms with Crippen LogP contribution in [0.15, 0.2) is 30.3 Å². The van der Waals surface area contributed by atoms with E-state index >= 15 is 0 Å². The van der Waals surface area contributed by atoms with Crippen LogP contribution in [0.5, 0.6) is 5.75 Å². The molecule has 0 amide bonds. The SMILES string of the molecule is CCOC(=O)COc1ccccc1/C=C/C(C)=O. The summed E-state index contributed by atoms with van der Waals surface area (Å²) in [5, 5.41) is 0. The second-order valence-corrected chi connectivity index (χ2v) is 3.58. The predicted octanol–water partition coefficient (Wildman–Crippen LogP) is 2.23. The third-order valence-electron chi connectivity index (χ3n) is 2.07. The van der Waals surface area contributed by atoms with Crippen LogP contribution in [0.2, 0.25) is 0 Å². The fourth-order valence-corrected chi connectivity index (χ4v) is 1.30. The highest BCUT2D eigenvalue weighted by molar-refractivity contribution is 5.91. The number of ether oxygens (including phenoxy) is 2. The number of benzene rings is 1. The third kappa shape index (κ3) is 4.82. The van der Waals surface area contributed by atoms with E-state index < -0.39 is 5.97 Å². The Balaban J connectivity index is 2.70. The molecular formula is C14H16O4. The summed E-state index contributed by atoms with van der Waals surface area (Å²) in [7, 11) is 0. The zero-order valence-electron chi connectivity index (χ0n) is 10.5. The second kappa shape index (κ2) is 7.27. The second-order valence-electron chi connectivity index (χ2n) is 3.58. The molecule has 0 radical (unpaired) electrons. The van der Waals surface area contributed by atoms with Gasteiger partial charge in [-0.3, -0.25) is 4.79 Å². The summed E-state index contributed by atoms with van der Waals surface area (Å²) in [6, 6.07) is 7.17. The molecule has 96 valence electrons. The summed E-state index contributed by atoms with van der Waals surface area (Å²) in [6.45, 7) is 3.40. The average Bonchev–Trinajstić information content (AvgIpc) is 2.35. The predicted molar refractivity (Wildman–Crippen MR) is 68.3 cm³/mol. The monoisotopic (exact) mass is 248 g/mol. The molecule has 1 aromatic rings. The summed E-state index contributed by atoms with van der Waals surface area (Å²) >= 11 is 0. The van der Waals surface area contributed by atoms with Crippen LogP contribution in [0.1, 0.15) is 19.4 Å². The fraction of sp³-hybridized carbons (Fsp3) is 0.286. The lowest BCUT2D eigenvalue weighted by atomic mass is 10.2. The summed E-state index contributed by atoms with van der Waals surface area (Å²) in [4.78, 5) is 22.1. The van der Waals surface area contributed by atoms with Gasteiger partial charge in [-0.05, 0) is 32.1 Å². The van der Waals surface area contributed by atoms with E-state index in [2.05, 4.69) is 0 Å². The van der Waals surface area contributed by atoms with E-state index in [-0.39, 0.29) is 12.4 Å². The average molecular weight is 248 g/mol. The highest BCUT2D eigenvalue weighted by Gasteiger charge is 2.05. The normalized spacial score (nSPS) is 10.3. The number of hydrogen-bond acceptors (Lipinski definition) is 4. The molecule has 0 fully saturated rings. The van der Waals surface area contributed by atoms with E-state index in [1.807, 2.05) is 6.07 Å². The van der Waals surface area contributed by atoms with E-state index in [9.17, 15) is 9.59 Å². The largest absolute Gasteiger partial charge is 0.481 e. The smallest absolute Gasteiger partial charge is 0.344 e. The van der Waals surface area contributed by atoms with Gasteiger partial charge < -0.3 is 9.47 Å². The number of rotatable bonds is 6. The highest BCUT2D eigenvalue weighted by atomic mass is 16.6. The molecule has 0 saturated heterocycles. The Labute approximate surface area is 106 Å². The number of carbonyl (C=O) groups excluding carboxylic acids is 2. The van der Waals surface area contributed by atoms with Gasteiger partial charge in [-0.1, -0.05) is 18.2 Å². The third-order valence-corrected chi connectivity index (χ3v) is 2.07. The first-order valence-electron chi connectivity index (χ1n) is 5.69. The number of para-hydroxylation sites is 1. The maximum Gasteiger partial charge on any atom is 0.344 e. The maximum atomic E-state index is 11.2. The molecule has 0 bridgehead atoms. The van der Waals surface area contributed by atoms with Crippen molar-refractivity contribution in [2.45, 2.75) is 13.8 Å². The minimum atomic E-state index is -0.414. The van der Waals surface area contributed by atoms with Crippen LogP contribution < -0.4 is 4.74 Å². The summed E-state index contributed by atoms with van der Waals surface area (Å²) in [5.41, 5.74) is 0.747. The van der Waals surface area contributed by atoms with Gasteiger partial charge >= 0.3 is 5.97 Å². The van der Waals surface area contributed by atoms with Crippen LogP contribution in [0.25, 0.3) is 6.08 Å². The van der Waals surface area contributed by atoms with Crippen molar-refractivity contribution in [3.8, 4) is 5.75 Å². The molecule has 0 aliphatic carbocycles. The molecule has 0 aromatic heterocycles. The Kier molecular flexibility index (Phi) is 5.64. The minimum Gasteiger partial charge on any atom is -0.481 e. The first-order chi connectivity index (χ1) is 8.63. The van der Waals surface area contributed by atoms with Crippen molar-refractivity contribution in [2.24, 2.45) is 0 Å². The molecule has 18 heavy (non-hydrogen) atoms. The van der Waals surface area contributed by atoms with Crippen molar-refractivity contribution in [2.75, 3.05) is 13.2 Å². The molecule has 1 rings (SSSR count). The van der Waals surface area contributed by atoms with Crippen molar-refractivity contribution >= 4 is 17.8 Å². The zero-order valence-corrected chi connectivity index (χ0v) is 10.5. The number of allylic oxidation sites excluding steroid dienone is 1. The first kappa shape index (κ1) is 14.0. The molecule has 0 aliphatic heterocycles. The zero-order chi connectivity index (χ0) is 13.4. The van der Waals surface area contributed by atoms with Gasteiger partial charge in [0.2, 0.25) is 0 Å². The molecule has 0 unspecified atom stereocenters. The van der Waals surface area contributed by atoms with Crippen LogP contribution in [-0.2, 0) is 14.3 Å². The van der Waals surface area contributed by atoms with Gasteiger partial charge in [0.15, 0.2) is 12.4 Å². The Morgan fingerprint density at radius 3 is 2.67 bits per heavy atom. The van der Waals surface area contributed by atoms with Gasteiger partial charge in [-0.15, -0.1) is 0 Å². The maximum absolute atomic E-state index is 11.2. The van der Waals surface area contributed by atoms with Gasteiger partial charge in [0.05, 0.1) is 6.61 Å². The van der Waals surface area contributed by atoms with Gasteiger partial charge in [0.25, 0.3) is 0 Å². The molecule has 0 heterocycles. The van der Waals surface area contributed by atoms with Crippen LogP contribution in [0.3, 0.4) is 0 Å². The molecule has 0 spiro atoms. The molecule has 1 aromatic carbocycles. The molecule has 0 atom stereocenters. The summed E-state index contributed by atoms with van der Waals surface area (Å²) in [5.74, 6) is 0.0844. The van der Waals surface area contributed by atoms with Gasteiger partial charge in [0, 0.05) is 5.56 Å². The number of carbonyl (C=O) groups is 2. The molecule has 0 aliphatic rings. The highest BCUT2D eigenvalue weighted by Crippen LogP contribution is 2.19. The minimum absolute atomic E-state index is 0.0461. The van der Waals surface area contributed by atoms with E-state index in [4.69, 9.17) is 9.47 Å².